The van der Waals surface area contributed by atoms with Crippen LogP contribution in [0, 0.1) is 0 Å². The highest BCUT2D eigenvalue weighted by atomic mass is 16.5. The van der Waals surface area contributed by atoms with Gasteiger partial charge in [-0.15, -0.1) is 0 Å². The summed E-state index contributed by atoms with van der Waals surface area (Å²) < 4.78 is 5.48. The van der Waals surface area contributed by atoms with Gasteiger partial charge in [-0.05, 0) is 24.8 Å². The van der Waals surface area contributed by atoms with Crippen LogP contribution in [0.25, 0.3) is 0 Å². The predicted octanol–water partition coefficient (Wildman–Crippen LogP) is 0.867. The van der Waals surface area contributed by atoms with Gasteiger partial charge in [-0.2, -0.15) is 0 Å². The number of hydrogen-bond donors (Lipinski definition) is 0. The number of aromatic nitrogens is 2. The number of amides is 1. The lowest BCUT2D eigenvalue weighted by Gasteiger charge is -2.35. The normalized spacial score (nSPS) is 22.6. The number of anilines is 1. The Bertz CT molecular complexity index is 477. The summed E-state index contributed by atoms with van der Waals surface area (Å²) in [7, 11) is 0. The van der Waals surface area contributed by atoms with E-state index in [1.807, 2.05) is 17.3 Å². The third-order valence-electron chi connectivity index (χ3n) is 4.18. The van der Waals surface area contributed by atoms with Gasteiger partial charge in [0.15, 0.2) is 0 Å². The molecule has 114 valence electrons. The van der Waals surface area contributed by atoms with E-state index in [0.29, 0.717) is 6.61 Å². The van der Waals surface area contributed by atoms with E-state index in [9.17, 15) is 4.79 Å². The molecule has 0 spiro atoms. The van der Waals surface area contributed by atoms with E-state index in [2.05, 4.69) is 21.8 Å². The lowest BCUT2D eigenvalue weighted by atomic mass is 10.2. The number of ether oxygens (including phenoxy) is 1. The first kappa shape index (κ1) is 14.3. The molecule has 21 heavy (non-hydrogen) atoms. The van der Waals surface area contributed by atoms with Crippen LogP contribution in [0.15, 0.2) is 12.4 Å². The molecule has 6 nitrogen and oxygen atoms in total. The summed E-state index contributed by atoms with van der Waals surface area (Å²) in [6.07, 6.45) is 6.36. The Morgan fingerprint density at radius 3 is 2.57 bits per heavy atom. The van der Waals surface area contributed by atoms with Gasteiger partial charge in [-0.1, -0.05) is 6.92 Å². The molecular weight excluding hydrogens is 268 g/mol. The van der Waals surface area contributed by atoms with Crippen LogP contribution in [-0.2, 0) is 16.0 Å². The molecule has 0 radical (unpaired) electrons. The first-order valence-corrected chi connectivity index (χ1v) is 7.74. The molecule has 3 heterocycles. The quantitative estimate of drug-likeness (QED) is 0.826. The number of nitrogens with zero attached hydrogens (tertiary/aromatic N) is 4. The average Bonchev–Trinajstić information content (AvgIpc) is 3.09. The van der Waals surface area contributed by atoms with Crippen LogP contribution in [-0.4, -0.2) is 59.7 Å². The maximum Gasteiger partial charge on any atom is 0.251 e. The maximum atomic E-state index is 12.3. The zero-order chi connectivity index (χ0) is 14.7. The SMILES string of the molecule is CCc1cnc(N2CCN(C(=O)C3CCCO3)CC2)nc1. The number of hydrogen-bond acceptors (Lipinski definition) is 5. The van der Waals surface area contributed by atoms with Crippen molar-refractivity contribution in [2.24, 2.45) is 0 Å². The first-order valence-electron chi connectivity index (χ1n) is 7.74. The third-order valence-corrected chi connectivity index (χ3v) is 4.18. The van der Waals surface area contributed by atoms with Gasteiger partial charge in [0.1, 0.15) is 6.10 Å². The lowest BCUT2D eigenvalue weighted by Crippen LogP contribution is -2.51. The van der Waals surface area contributed by atoms with Crippen molar-refractivity contribution >= 4 is 11.9 Å². The zero-order valence-corrected chi connectivity index (χ0v) is 12.5. The monoisotopic (exact) mass is 290 g/mol. The predicted molar refractivity (Wildman–Crippen MR) is 79.2 cm³/mol. The van der Waals surface area contributed by atoms with E-state index in [4.69, 9.17) is 4.74 Å². The van der Waals surface area contributed by atoms with E-state index in [0.717, 1.165) is 57.0 Å². The number of carbonyl (C=O) groups excluding carboxylic acids is 1. The number of carbonyl (C=O) groups is 1. The second-order valence-electron chi connectivity index (χ2n) is 5.56. The summed E-state index contributed by atoms with van der Waals surface area (Å²) in [5, 5.41) is 0. The highest BCUT2D eigenvalue weighted by molar-refractivity contribution is 5.81. The summed E-state index contributed by atoms with van der Waals surface area (Å²) in [5.74, 6) is 0.908. The van der Waals surface area contributed by atoms with Crippen molar-refractivity contribution in [3.63, 3.8) is 0 Å². The van der Waals surface area contributed by atoms with Gasteiger partial charge in [0.05, 0.1) is 0 Å². The average molecular weight is 290 g/mol. The van der Waals surface area contributed by atoms with Crippen LogP contribution < -0.4 is 4.90 Å². The molecule has 0 bridgehead atoms. The summed E-state index contributed by atoms with van der Waals surface area (Å²) in [6, 6.07) is 0. The molecule has 2 fully saturated rings. The molecule has 1 atom stereocenters. The molecule has 0 N–H and O–H groups in total. The van der Waals surface area contributed by atoms with Crippen molar-refractivity contribution in [3.05, 3.63) is 18.0 Å². The van der Waals surface area contributed by atoms with Crippen molar-refractivity contribution in [2.45, 2.75) is 32.3 Å². The topological polar surface area (TPSA) is 58.6 Å². The van der Waals surface area contributed by atoms with Crippen LogP contribution in [0.1, 0.15) is 25.3 Å². The third kappa shape index (κ3) is 3.15. The molecule has 1 unspecified atom stereocenters. The van der Waals surface area contributed by atoms with Crippen molar-refractivity contribution < 1.29 is 9.53 Å². The van der Waals surface area contributed by atoms with Crippen LogP contribution >= 0.6 is 0 Å². The second kappa shape index (κ2) is 6.39. The Labute approximate surface area is 125 Å². The number of rotatable bonds is 3. The molecule has 2 aliphatic rings. The van der Waals surface area contributed by atoms with Gasteiger partial charge >= 0.3 is 0 Å². The smallest absolute Gasteiger partial charge is 0.251 e. The number of piperazine rings is 1. The fourth-order valence-corrected chi connectivity index (χ4v) is 2.80. The van der Waals surface area contributed by atoms with Crippen LogP contribution in [0.2, 0.25) is 0 Å². The largest absolute Gasteiger partial charge is 0.368 e. The second-order valence-corrected chi connectivity index (χ2v) is 5.56. The molecule has 0 aromatic carbocycles. The molecule has 1 aromatic rings. The summed E-state index contributed by atoms with van der Waals surface area (Å²) in [5.41, 5.74) is 1.14. The fourth-order valence-electron chi connectivity index (χ4n) is 2.80. The number of aryl methyl sites for hydroxylation is 1. The van der Waals surface area contributed by atoms with Crippen LogP contribution in [0.4, 0.5) is 5.95 Å². The Morgan fingerprint density at radius 2 is 2.00 bits per heavy atom. The molecule has 0 saturated carbocycles. The minimum atomic E-state index is -0.211. The van der Waals surface area contributed by atoms with Gasteiger partial charge in [-0.3, -0.25) is 4.79 Å². The Balaban J connectivity index is 1.55. The van der Waals surface area contributed by atoms with Gasteiger partial charge in [-0.25, -0.2) is 9.97 Å². The molecule has 1 amide bonds. The van der Waals surface area contributed by atoms with E-state index in [1.165, 1.54) is 0 Å². The summed E-state index contributed by atoms with van der Waals surface area (Å²) in [4.78, 5) is 25.1. The van der Waals surface area contributed by atoms with Crippen molar-refractivity contribution in [1.82, 2.24) is 14.9 Å². The van der Waals surface area contributed by atoms with Crippen LogP contribution in [0.3, 0.4) is 0 Å². The Kier molecular flexibility index (Phi) is 4.34. The lowest BCUT2D eigenvalue weighted by molar-refractivity contribution is -0.141. The van der Waals surface area contributed by atoms with Crippen LogP contribution in [0.5, 0.6) is 0 Å². The Morgan fingerprint density at radius 1 is 1.29 bits per heavy atom. The van der Waals surface area contributed by atoms with Crippen molar-refractivity contribution in [1.29, 1.82) is 0 Å². The van der Waals surface area contributed by atoms with Gasteiger partial charge in [0, 0.05) is 45.2 Å². The van der Waals surface area contributed by atoms with Gasteiger partial charge in [0.25, 0.3) is 5.91 Å². The Hall–Kier alpha value is -1.69. The van der Waals surface area contributed by atoms with E-state index in [-0.39, 0.29) is 12.0 Å². The van der Waals surface area contributed by atoms with Crippen molar-refractivity contribution in [2.75, 3.05) is 37.7 Å². The molecule has 6 heteroatoms. The molecule has 1 aromatic heterocycles. The van der Waals surface area contributed by atoms with E-state index in [1.54, 1.807) is 0 Å². The first-order chi connectivity index (χ1) is 10.3. The minimum absolute atomic E-state index is 0.148. The summed E-state index contributed by atoms with van der Waals surface area (Å²) >= 11 is 0. The molecule has 2 aliphatic heterocycles. The minimum Gasteiger partial charge on any atom is -0.368 e. The molecule has 2 saturated heterocycles. The molecular formula is C15H22N4O2. The van der Waals surface area contributed by atoms with E-state index < -0.39 is 0 Å². The highest BCUT2D eigenvalue weighted by Crippen LogP contribution is 2.17. The van der Waals surface area contributed by atoms with Gasteiger partial charge in [0.2, 0.25) is 5.95 Å². The zero-order valence-electron chi connectivity index (χ0n) is 12.5. The van der Waals surface area contributed by atoms with Crippen molar-refractivity contribution in [3.8, 4) is 0 Å². The standard InChI is InChI=1S/C15H22N4O2/c1-2-12-10-16-15(17-11-12)19-7-5-18(6-8-19)14(20)13-4-3-9-21-13/h10-11,13H,2-9H2,1H3. The molecule has 3 rings (SSSR count). The molecule has 0 aliphatic carbocycles. The maximum absolute atomic E-state index is 12.3. The van der Waals surface area contributed by atoms with Gasteiger partial charge < -0.3 is 14.5 Å². The van der Waals surface area contributed by atoms with E-state index >= 15 is 0 Å². The highest BCUT2D eigenvalue weighted by Gasteiger charge is 2.30. The summed E-state index contributed by atoms with van der Waals surface area (Å²) in [6.45, 7) is 5.81. The fraction of sp³-hybridized carbons (Fsp3) is 0.667.